The Morgan fingerprint density at radius 3 is 2.71 bits per heavy atom. The molecule has 5 heteroatoms. The molecule has 0 aromatic heterocycles. The number of benzene rings is 1. The molecule has 0 bridgehead atoms. The second kappa shape index (κ2) is 7.95. The summed E-state index contributed by atoms with van der Waals surface area (Å²) in [5, 5.41) is 3.57. The van der Waals surface area contributed by atoms with Crippen molar-refractivity contribution in [3.05, 3.63) is 34.6 Å². The number of carbonyl (C=O) groups is 1. The zero-order valence-electron chi connectivity index (χ0n) is 16.8. The summed E-state index contributed by atoms with van der Waals surface area (Å²) >= 11 is 6.03. The number of carbonyl (C=O) groups excluding carboxylic acids is 1. The van der Waals surface area contributed by atoms with Gasteiger partial charge < -0.3 is 10.1 Å². The molecule has 5 atom stereocenters. The maximum Gasteiger partial charge on any atom is 0.223 e. The fourth-order valence-electron chi connectivity index (χ4n) is 5.63. The van der Waals surface area contributed by atoms with Gasteiger partial charge in [0.25, 0.3) is 0 Å². The number of fused-ring (bicyclic) bond motifs is 1. The highest BCUT2D eigenvalue weighted by Gasteiger charge is 2.50. The van der Waals surface area contributed by atoms with Gasteiger partial charge in [-0.15, -0.1) is 0 Å². The molecule has 1 aromatic carbocycles. The van der Waals surface area contributed by atoms with E-state index in [1.54, 1.807) is 12.1 Å². The van der Waals surface area contributed by atoms with Gasteiger partial charge >= 0.3 is 0 Å². The lowest BCUT2D eigenvalue weighted by Gasteiger charge is -2.52. The first-order chi connectivity index (χ1) is 13.4. The molecule has 3 aliphatic rings. The van der Waals surface area contributed by atoms with Crippen molar-refractivity contribution < 1.29 is 13.9 Å². The molecule has 2 aliphatic carbocycles. The van der Waals surface area contributed by atoms with E-state index in [1.165, 1.54) is 12.5 Å². The molecule has 1 saturated heterocycles. The van der Waals surface area contributed by atoms with Crippen LogP contribution in [0.4, 0.5) is 4.39 Å². The monoisotopic (exact) mass is 407 g/mol. The number of hydrogen-bond donors (Lipinski definition) is 1. The first kappa shape index (κ1) is 20.2. The van der Waals surface area contributed by atoms with E-state index < -0.39 is 5.82 Å². The summed E-state index contributed by atoms with van der Waals surface area (Å²) in [7, 11) is 0. The Balaban J connectivity index is 1.60. The van der Waals surface area contributed by atoms with Crippen LogP contribution in [0.5, 0.6) is 0 Å². The highest BCUT2D eigenvalue weighted by molar-refractivity contribution is 6.30. The Kier molecular flexibility index (Phi) is 5.72. The van der Waals surface area contributed by atoms with Crippen molar-refractivity contribution in [3.63, 3.8) is 0 Å². The molecule has 4 rings (SSSR count). The maximum absolute atomic E-state index is 13.7. The Morgan fingerprint density at radius 1 is 1.25 bits per heavy atom. The van der Waals surface area contributed by atoms with Crippen LogP contribution in [0.15, 0.2) is 18.2 Å². The molecule has 0 spiro atoms. The molecule has 2 saturated carbocycles. The summed E-state index contributed by atoms with van der Waals surface area (Å²) in [6, 6.07) is 4.84. The Bertz CT molecular complexity index is 735. The first-order valence-corrected chi connectivity index (χ1v) is 11.2. The lowest BCUT2D eigenvalue weighted by molar-refractivity contribution is -0.155. The number of hydrogen-bond acceptors (Lipinski definition) is 2. The maximum atomic E-state index is 13.7. The van der Waals surface area contributed by atoms with Crippen LogP contribution < -0.4 is 5.32 Å². The normalized spacial score (nSPS) is 36.1. The van der Waals surface area contributed by atoms with Gasteiger partial charge in [0, 0.05) is 23.8 Å². The summed E-state index contributed by atoms with van der Waals surface area (Å²) in [4.78, 5) is 13.0. The minimum Gasteiger partial charge on any atom is -0.370 e. The molecule has 3 nitrogen and oxygen atoms in total. The Hall–Kier alpha value is -1.13. The number of halogens is 2. The molecular weight excluding hydrogens is 377 g/mol. The van der Waals surface area contributed by atoms with Gasteiger partial charge in [-0.25, -0.2) is 4.39 Å². The van der Waals surface area contributed by atoms with Crippen molar-refractivity contribution in [1.82, 2.24) is 5.32 Å². The zero-order valence-corrected chi connectivity index (χ0v) is 17.6. The lowest BCUT2D eigenvalue weighted by Crippen LogP contribution is -2.61. The quantitative estimate of drug-likeness (QED) is 0.686. The van der Waals surface area contributed by atoms with Gasteiger partial charge in [-0.1, -0.05) is 43.9 Å². The van der Waals surface area contributed by atoms with Gasteiger partial charge in [0.15, 0.2) is 0 Å². The van der Waals surface area contributed by atoms with E-state index in [4.69, 9.17) is 16.3 Å². The van der Waals surface area contributed by atoms with Crippen LogP contribution in [0.3, 0.4) is 0 Å². The first-order valence-electron chi connectivity index (χ1n) is 10.8. The minimum absolute atomic E-state index is 0.111. The highest BCUT2D eigenvalue weighted by Crippen LogP contribution is 2.48. The van der Waals surface area contributed by atoms with Gasteiger partial charge in [0.1, 0.15) is 5.82 Å². The molecule has 1 aliphatic heterocycles. The topological polar surface area (TPSA) is 38.3 Å². The molecule has 1 heterocycles. The van der Waals surface area contributed by atoms with Gasteiger partial charge in [-0.3, -0.25) is 4.79 Å². The predicted molar refractivity (Wildman–Crippen MR) is 109 cm³/mol. The molecule has 1 amide bonds. The van der Waals surface area contributed by atoms with Crippen molar-refractivity contribution >= 4 is 17.5 Å². The average Bonchev–Trinajstić information content (AvgIpc) is 3.18. The highest BCUT2D eigenvalue weighted by atomic mass is 35.5. The smallest absolute Gasteiger partial charge is 0.223 e. The average molecular weight is 408 g/mol. The van der Waals surface area contributed by atoms with Gasteiger partial charge in [-0.05, 0) is 56.2 Å². The number of ether oxygens (including phenoxy) is 1. The largest absolute Gasteiger partial charge is 0.370 e. The van der Waals surface area contributed by atoms with Crippen molar-refractivity contribution in [3.8, 4) is 0 Å². The molecule has 1 N–H and O–H groups in total. The van der Waals surface area contributed by atoms with Crippen LogP contribution in [-0.4, -0.2) is 17.6 Å². The van der Waals surface area contributed by atoms with E-state index in [1.807, 2.05) is 0 Å². The van der Waals surface area contributed by atoms with Crippen molar-refractivity contribution in [2.24, 2.45) is 17.8 Å². The van der Waals surface area contributed by atoms with E-state index in [0.29, 0.717) is 18.3 Å². The fraction of sp³-hybridized carbons (Fsp3) is 0.696. The molecule has 28 heavy (non-hydrogen) atoms. The number of amides is 1. The third kappa shape index (κ3) is 3.95. The van der Waals surface area contributed by atoms with Crippen LogP contribution in [0.25, 0.3) is 0 Å². The van der Waals surface area contributed by atoms with Gasteiger partial charge in [0.2, 0.25) is 5.91 Å². The van der Waals surface area contributed by atoms with E-state index in [0.717, 1.165) is 44.1 Å². The van der Waals surface area contributed by atoms with E-state index >= 15 is 0 Å². The number of rotatable bonds is 3. The SMILES string of the molecule is C[C@H]1CC[C@H]2[C@H](C1)O[C@H](c1ccc(F)c(Cl)c1)C[C@]2(C)NC(=O)C1CCCC1. The predicted octanol–water partition coefficient (Wildman–Crippen LogP) is 5.81. The van der Waals surface area contributed by atoms with E-state index in [9.17, 15) is 9.18 Å². The fourth-order valence-corrected chi connectivity index (χ4v) is 5.82. The summed E-state index contributed by atoms with van der Waals surface area (Å²) in [6.45, 7) is 4.46. The third-order valence-corrected chi connectivity index (χ3v) is 7.56. The van der Waals surface area contributed by atoms with Crippen LogP contribution in [0.1, 0.15) is 76.9 Å². The molecular formula is C23H31ClFNO2. The molecule has 1 aromatic rings. The van der Waals surface area contributed by atoms with Crippen LogP contribution in [0.2, 0.25) is 5.02 Å². The second-order valence-electron chi connectivity index (χ2n) is 9.45. The lowest BCUT2D eigenvalue weighted by atomic mass is 9.66. The zero-order chi connectivity index (χ0) is 19.9. The summed E-state index contributed by atoms with van der Waals surface area (Å²) in [6.07, 6.45) is 8.18. The number of nitrogens with one attached hydrogen (secondary N) is 1. The van der Waals surface area contributed by atoms with E-state index in [-0.39, 0.29) is 34.6 Å². The van der Waals surface area contributed by atoms with Crippen LogP contribution in [-0.2, 0) is 9.53 Å². The summed E-state index contributed by atoms with van der Waals surface area (Å²) in [5.41, 5.74) is 0.582. The standard InChI is InChI=1S/C23H31ClFNO2/c1-14-7-9-17-20(11-14)28-21(16-8-10-19(25)18(24)12-16)13-23(17,2)26-22(27)15-5-3-4-6-15/h8,10,12,14-15,17,20-21H,3-7,9,11,13H2,1-2H3,(H,26,27)/t14-,17-,20-,21-,23-/m0/s1. The Labute approximate surface area is 172 Å². The molecule has 0 unspecified atom stereocenters. The van der Waals surface area contributed by atoms with Crippen molar-refractivity contribution in [1.29, 1.82) is 0 Å². The summed E-state index contributed by atoms with van der Waals surface area (Å²) in [5.74, 6) is 0.880. The second-order valence-corrected chi connectivity index (χ2v) is 9.86. The summed E-state index contributed by atoms with van der Waals surface area (Å²) < 4.78 is 20.2. The molecule has 3 fully saturated rings. The van der Waals surface area contributed by atoms with Gasteiger partial charge in [-0.2, -0.15) is 0 Å². The van der Waals surface area contributed by atoms with Crippen LogP contribution >= 0.6 is 11.6 Å². The van der Waals surface area contributed by atoms with E-state index in [2.05, 4.69) is 19.2 Å². The van der Waals surface area contributed by atoms with Crippen molar-refractivity contribution in [2.75, 3.05) is 0 Å². The molecule has 154 valence electrons. The third-order valence-electron chi connectivity index (χ3n) is 7.27. The Morgan fingerprint density at radius 2 is 2.00 bits per heavy atom. The van der Waals surface area contributed by atoms with Gasteiger partial charge in [0.05, 0.1) is 17.2 Å². The van der Waals surface area contributed by atoms with Crippen molar-refractivity contribution in [2.45, 2.75) is 83.0 Å². The minimum atomic E-state index is -0.414. The molecule has 0 radical (unpaired) electrons. The van der Waals surface area contributed by atoms with Crippen LogP contribution in [0, 0.1) is 23.6 Å².